The average molecular weight is 409 g/mol. The monoisotopic (exact) mass is 408 g/mol. The topological polar surface area (TPSA) is 69.9 Å². The van der Waals surface area contributed by atoms with Crippen LogP contribution in [0.3, 0.4) is 0 Å². The van der Waals surface area contributed by atoms with Crippen molar-refractivity contribution in [3.63, 3.8) is 0 Å². The van der Waals surface area contributed by atoms with Gasteiger partial charge in [-0.1, -0.05) is 37.2 Å². The number of para-hydroxylation sites is 1. The Bertz CT molecular complexity index is 999. The van der Waals surface area contributed by atoms with Gasteiger partial charge in [0.05, 0.1) is 12.2 Å². The number of amides is 1. The van der Waals surface area contributed by atoms with E-state index in [-0.39, 0.29) is 22.9 Å². The Balaban J connectivity index is 1.37. The minimum atomic E-state index is -0.207. The van der Waals surface area contributed by atoms with Crippen molar-refractivity contribution in [2.75, 3.05) is 44.7 Å². The van der Waals surface area contributed by atoms with E-state index in [1.807, 2.05) is 19.2 Å². The van der Waals surface area contributed by atoms with Crippen molar-refractivity contribution in [1.29, 1.82) is 0 Å². The Morgan fingerprint density at radius 3 is 2.50 bits per heavy atom. The lowest BCUT2D eigenvalue weighted by Crippen LogP contribution is -2.49. The van der Waals surface area contributed by atoms with E-state index >= 15 is 0 Å². The largest absolute Gasteiger partial charge is 0.351 e. The third-order valence-electron chi connectivity index (χ3n) is 6.12. The Labute approximate surface area is 176 Å². The summed E-state index contributed by atoms with van der Waals surface area (Å²) in [5.74, 6) is 0.215. The predicted octanol–water partition coefficient (Wildman–Crippen LogP) is 2.62. The number of aromatic nitrogens is 1. The van der Waals surface area contributed by atoms with E-state index in [4.69, 9.17) is 4.52 Å². The van der Waals surface area contributed by atoms with Crippen LogP contribution >= 0.6 is 0 Å². The molecule has 0 radical (unpaired) electrons. The summed E-state index contributed by atoms with van der Waals surface area (Å²) >= 11 is 0. The summed E-state index contributed by atoms with van der Waals surface area (Å²) in [4.78, 5) is 31.3. The van der Waals surface area contributed by atoms with E-state index in [1.54, 1.807) is 24.0 Å². The molecule has 158 valence electrons. The molecule has 1 amide bonds. The van der Waals surface area contributed by atoms with Gasteiger partial charge in [0.25, 0.3) is 5.91 Å². The number of piperazine rings is 1. The van der Waals surface area contributed by atoms with Gasteiger partial charge in [0.1, 0.15) is 0 Å². The van der Waals surface area contributed by atoms with Crippen LogP contribution in [-0.4, -0.2) is 66.4 Å². The van der Waals surface area contributed by atoms with E-state index in [0.717, 1.165) is 11.4 Å². The predicted molar refractivity (Wildman–Crippen MR) is 115 cm³/mol. The Hall–Kier alpha value is -2.93. The number of benzene rings is 1. The average Bonchev–Trinajstić information content (AvgIpc) is 3.24. The van der Waals surface area contributed by atoms with E-state index in [0.29, 0.717) is 38.4 Å². The van der Waals surface area contributed by atoms with Crippen molar-refractivity contribution in [3.8, 4) is 0 Å². The summed E-state index contributed by atoms with van der Waals surface area (Å²) in [6, 6.07) is 9.94. The molecule has 3 heterocycles. The highest BCUT2D eigenvalue weighted by Crippen LogP contribution is 2.46. The molecule has 7 heteroatoms. The van der Waals surface area contributed by atoms with Crippen molar-refractivity contribution in [2.24, 2.45) is 0 Å². The summed E-state index contributed by atoms with van der Waals surface area (Å²) < 4.78 is 5.08. The van der Waals surface area contributed by atoms with Gasteiger partial charge >= 0.3 is 0 Å². The number of ketones is 1. The number of fused-ring (bicyclic) bond motifs is 1. The van der Waals surface area contributed by atoms with E-state index in [1.165, 1.54) is 5.56 Å². The molecular formula is C23H28N4O3. The Morgan fingerprint density at radius 2 is 1.87 bits per heavy atom. The van der Waals surface area contributed by atoms with Gasteiger partial charge in [-0.2, -0.15) is 0 Å². The Morgan fingerprint density at radius 1 is 1.17 bits per heavy atom. The number of allylic oxidation sites excluding steroid dienone is 1. The normalized spacial score (nSPS) is 19.9. The fourth-order valence-corrected chi connectivity index (χ4v) is 4.41. The first-order valence-corrected chi connectivity index (χ1v) is 10.3. The minimum Gasteiger partial charge on any atom is -0.351 e. The second-order valence-electron chi connectivity index (χ2n) is 8.60. The number of carbonyl (C=O) groups excluding carboxylic acids is 2. The lowest BCUT2D eigenvalue weighted by molar-refractivity contribution is -0.116. The Kier molecular flexibility index (Phi) is 5.24. The number of anilines is 1. The second-order valence-corrected chi connectivity index (χ2v) is 8.60. The molecule has 1 aromatic heterocycles. The number of carbonyl (C=O) groups is 2. The van der Waals surface area contributed by atoms with Gasteiger partial charge < -0.3 is 14.3 Å². The lowest BCUT2D eigenvalue weighted by Gasteiger charge is -2.33. The van der Waals surface area contributed by atoms with Crippen LogP contribution in [0.1, 0.15) is 35.7 Å². The summed E-state index contributed by atoms with van der Waals surface area (Å²) in [5, 5.41) is 3.78. The zero-order valence-electron chi connectivity index (χ0n) is 18.0. The fraction of sp³-hybridized carbons (Fsp3) is 0.435. The van der Waals surface area contributed by atoms with Gasteiger partial charge in [0.15, 0.2) is 5.78 Å². The van der Waals surface area contributed by atoms with Crippen LogP contribution in [0.5, 0.6) is 0 Å². The van der Waals surface area contributed by atoms with E-state index in [9.17, 15) is 9.59 Å². The summed E-state index contributed by atoms with van der Waals surface area (Å²) in [6.07, 6.45) is 1.79. The van der Waals surface area contributed by atoms with Gasteiger partial charge in [-0.25, -0.2) is 0 Å². The molecule has 1 saturated heterocycles. The maximum atomic E-state index is 12.8. The lowest BCUT2D eigenvalue weighted by atomic mass is 9.83. The van der Waals surface area contributed by atoms with Crippen LogP contribution in [0.4, 0.5) is 5.69 Å². The molecule has 2 aliphatic rings. The third kappa shape index (κ3) is 3.65. The van der Waals surface area contributed by atoms with Crippen LogP contribution in [0.25, 0.3) is 0 Å². The van der Waals surface area contributed by atoms with E-state index < -0.39 is 0 Å². The number of hydrogen-bond acceptors (Lipinski definition) is 6. The number of nitrogens with zero attached hydrogens (tertiary/aromatic N) is 4. The molecule has 7 nitrogen and oxygen atoms in total. The quantitative estimate of drug-likeness (QED) is 0.725. The summed E-state index contributed by atoms with van der Waals surface area (Å²) in [6.45, 7) is 8.92. The fourth-order valence-electron chi connectivity index (χ4n) is 4.41. The molecule has 0 spiro atoms. The minimum absolute atomic E-state index is 0.0865. The van der Waals surface area contributed by atoms with Crippen LogP contribution in [-0.2, 0) is 10.2 Å². The number of hydrogen-bond donors (Lipinski definition) is 0. The summed E-state index contributed by atoms with van der Waals surface area (Å²) in [5.41, 5.74) is 3.89. The first-order valence-electron chi connectivity index (χ1n) is 10.3. The maximum Gasteiger partial charge on any atom is 0.292 e. The van der Waals surface area contributed by atoms with Crippen LogP contribution < -0.4 is 4.90 Å². The molecule has 0 bridgehead atoms. The van der Waals surface area contributed by atoms with Crippen molar-refractivity contribution in [1.82, 2.24) is 15.0 Å². The van der Waals surface area contributed by atoms with Gasteiger partial charge in [-0.3, -0.25) is 14.5 Å². The highest BCUT2D eigenvalue weighted by atomic mass is 16.5. The molecule has 0 saturated carbocycles. The highest BCUT2D eigenvalue weighted by molar-refractivity contribution is 5.94. The van der Waals surface area contributed by atoms with E-state index in [2.05, 4.69) is 40.9 Å². The molecule has 0 N–H and O–H groups in total. The summed E-state index contributed by atoms with van der Waals surface area (Å²) in [7, 11) is 2.02. The molecule has 0 aliphatic carbocycles. The molecule has 2 aromatic rings. The molecule has 4 rings (SSSR count). The number of likely N-dealkylation sites (N-methyl/N-ethyl adjacent to an activating group) is 1. The number of rotatable bonds is 4. The van der Waals surface area contributed by atoms with Crippen LogP contribution in [0.15, 0.2) is 46.6 Å². The van der Waals surface area contributed by atoms with Crippen molar-refractivity contribution in [2.45, 2.75) is 26.2 Å². The van der Waals surface area contributed by atoms with Gasteiger partial charge in [-0.15, -0.1) is 0 Å². The van der Waals surface area contributed by atoms with Gasteiger partial charge in [0.2, 0.25) is 5.76 Å². The van der Waals surface area contributed by atoms with Crippen LogP contribution in [0, 0.1) is 6.92 Å². The zero-order chi connectivity index (χ0) is 21.5. The zero-order valence-corrected chi connectivity index (χ0v) is 18.0. The molecule has 0 unspecified atom stereocenters. The van der Waals surface area contributed by atoms with Crippen LogP contribution in [0.2, 0.25) is 0 Å². The van der Waals surface area contributed by atoms with Crippen molar-refractivity contribution < 1.29 is 14.1 Å². The molecular weight excluding hydrogens is 380 g/mol. The highest BCUT2D eigenvalue weighted by Gasteiger charge is 2.38. The van der Waals surface area contributed by atoms with Gasteiger partial charge in [-0.05, 0) is 18.6 Å². The molecule has 2 aliphatic heterocycles. The van der Waals surface area contributed by atoms with Crippen molar-refractivity contribution >= 4 is 17.4 Å². The molecule has 30 heavy (non-hydrogen) atoms. The smallest absolute Gasteiger partial charge is 0.292 e. The number of aryl methyl sites for hydroxylation is 1. The molecule has 1 aromatic carbocycles. The second kappa shape index (κ2) is 7.72. The first-order chi connectivity index (χ1) is 14.3. The molecule has 1 fully saturated rings. The van der Waals surface area contributed by atoms with Crippen molar-refractivity contribution in [3.05, 3.63) is 59.1 Å². The SMILES string of the molecule is Cc1cc(C(=O)N2CCN(CC(=O)/C=C3\N(C)c4ccccc4C3(C)C)CC2)on1. The maximum absolute atomic E-state index is 12.8. The first kappa shape index (κ1) is 20.3. The molecule has 0 atom stereocenters. The standard InChI is InChI=1S/C23H28N4O3/c1-16-13-20(30-24-16)22(29)27-11-9-26(10-12-27)15-17(28)14-21-23(2,3)18-7-5-6-8-19(18)25(21)4/h5-8,13-14H,9-12,15H2,1-4H3/b21-14-. The third-order valence-corrected chi connectivity index (χ3v) is 6.12. The van der Waals surface area contributed by atoms with Gasteiger partial charge in [0, 0.05) is 62.2 Å².